The summed E-state index contributed by atoms with van der Waals surface area (Å²) in [6.07, 6.45) is 1.89. The highest BCUT2D eigenvalue weighted by molar-refractivity contribution is 7.62. The van der Waals surface area contributed by atoms with Crippen LogP contribution in [0.5, 0.6) is 0 Å². The van der Waals surface area contributed by atoms with Gasteiger partial charge in [-0.25, -0.2) is 4.98 Å². The van der Waals surface area contributed by atoms with Gasteiger partial charge in [-0.15, -0.1) is 0 Å². The number of nitrogens with zero attached hydrogens (tertiary/aromatic N) is 2. The molecule has 0 amide bonds. The quantitative estimate of drug-likeness (QED) is 0.440. The average molecular weight is 380 g/mol. The van der Waals surface area contributed by atoms with E-state index in [0.717, 1.165) is 27.8 Å². The molecule has 5 nitrogen and oxygen atoms in total. The Balaban J connectivity index is 2.10. The molecule has 0 bridgehead atoms. The van der Waals surface area contributed by atoms with Gasteiger partial charge >= 0.3 is 7.60 Å². The zero-order chi connectivity index (χ0) is 18.9. The summed E-state index contributed by atoms with van der Waals surface area (Å²) >= 11 is 0. The number of para-hydroxylation sites is 2. The van der Waals surface area contributed by atoms with Crippen molar-refractivity contribution in [3.05, 3.63) is 66.9 Å². The Hall–Kier alpha value is -2.46. The Morgan fingerprint density at radius 1 is 0.926 bits per heavy atom. The maximum Gasteiger partial charge on any atom is 0.362 e. The molecule has 0 saturated carbocycles. The van der Waals surface area contributed by atoms with E-state index in [9.17, 15) is 4.57 Å². The second-order valence-electron chi connectivity index (χ2n) is 6.07. The highest BCUT2D eigenvalue weighted by atomic mass is 31.2. The van der Waals surface area contributed by atoms with Crippen LogP contribution in [0.4, 0.5) is 0 Å². The Morgan fingerprint density at radius 2 is 1.59 bits per heavy atom. The molecule has 0 spiro atoms. The maximum atomic E-state index is 13.6. The summed E-state index contributed by atoms with van der Waals surface area (Å²) in [5, 5.41) is 0.542. The van der Waals surface area contributed by atoms with E-state index in [1.165, 1.54) is 0 Å². The molecule has 138 valence electrons. The van der Waals surface area contributed by atoms with Crippen LogP contribution in [-0.4, -0.2) is 22.6 Å². The predicted molar refractivity (Wildman–Crippen MR) is 109 cm³/mol. The van der Waals surface area contributed by atoms with Crippen molar-refractivity contribution in [2.75, 3.05) is 13.2 Å². The molecular formula is C21H21N2O3P. The molecule has 0 saturated heterocycles. The number of benzene rings is 2. The third-order valence-corrected chi connectivity index (χ3v) is 6.57. The number of imidazole rings is 1. The van der Waals surface area contributed by atoms with E-state index in [0.29, 0.717) is 18.5 Å². The van der Waals surface area contributed by atoms with E-state index in [4.69, 9.17) is 14.0 Å². The van der Waals surface area contributed by atoms with Crippen molar-refractivity contribution < 1.29 is 13.6 Å². The molecule has 0 aliphatic heterocycles. The summed E-state index contributed by atoms with van der Waals surface area (Å²) < 4.78 is 26.9. The predicted octanol–water partition coefficient (Wildman–Crippen LogP) is 5.05. The number of pyridine rings is 1. The first-order valence-electron chi connectivity index (χ1n) is 9.03. The zero-order valence-corrected chi connectivity index (χ0v) is 16.2. The van der Waals surface area contributed by atoms with Gasteiger partial charge in [0.1, 0.15) is 5.65 Å². The summed E-state index contributed by atoms with van der Waals surface area (Å²) in [5.74, 6) is 0. The molecule has 0 atom stereocenters. The molecule has 2 aromatic carbocycles. The van der Waals surface area contributed by atoms with Crippen LogP contribution in [0.1, 0.15) is 13.8 Å². The second kappa shape index (κ2) is 7.28. The normalized spacial score (nSPS) is 12.1. The van der Waals surface area contributed by atoms with Crippen LogP contribution in [0.2, 0.25) is 0 Å². The van der Waals surface area contributed by atoms with Gasteiger partial charge in [0, 0.05) is 11.8 Å². The van der Waals surface area contributed by atoms with Crippen LogP contribution in [0, 0.1) is 0 Å². The molecule has 4 aromatic rings. The summed E-state index contributed by atoms with van der Waals surface area (Å²) in [6.45, 7) is 4.23. The monoisotopic (exact) mass is 380 g/mol. The zero-order valence-electron chi connectivity index (χ0n) is 15.3. The molecule has 0 fully saturated rings. The van der Waals surface area contributed by atoms with Crippen LogP contribution in [-0.2, 0) is 13.6 Å². The average Bonchev–Trinajstić information content (AvgIpc) is 3.07. The first-order valence-corrected chi connectivity index (χ1v) is 10.6. The Morgan fingerprint density at radius 3 is 2.30 bits per heavy atom. The smallest absolute Gasteiger partial charge is 0.305 e. The fraction of sp³-hybridized carbons (Fsp3) is 0.190. The summed E-state index contributed by atoms with van der Waals surface area (Å²) in [4.78, 5) is 4.82. The fourth-order valence-corrected chi connectivity index (χ4v) is 5.13. The molecule has 0 N–H and O–H groups in total. The van der Waals surface area contributed by atoms with Crippen LogP contribution < -0.4 is 5.30 Å². The largest absolute Gasteiger partial charge is 0.362 e. The summed E-state index contributed by atoms with van der Waals surface area (Å²) in [7, 11) is -3.48. The molecule has 0 aliphatic rings. The number of fused-ring (bicyclic) bond motifs is 3. The number of hydrogen-bond donors (Lipinski definition) is 0. The lowest BCUT2D eigenvalue weighted by molar-refractivity contribution is 0.230. The van der Waals surface area contributed by atoms with Crippen molar-refractivity contribution in [2.24, 2.45) is 0 Å². The van der Waals surface area contributed by atoms with E-state index >= 15 is 0 Å². The molecular weight excluding hydrogens is 359 g/mol. The third kappa shape index (κ3) is 3.08. The Kier molecular flexibility index (Phi) is 4.83. The lowest BCUT2D eigenvalue weighted by Crippen LogP contribution is -2.15. The van der Waals surface area contributed by atoms with Crippen LogP contribution >= 0.6 is 7.60 Å². The highest BCUT2D eigenvalue weighted by Gasteiger charge is 2.32. The second-order valence-corrected chi connectivity index (χ2v) is 8.06. The molecule has 6 heteroatoms. The van der Waals surface area contributed by atoms with Gasteiger partial charge in [0.2, 0.25) is 0 Å². The minimum atomic E-state index is -3.48. The first kappa shape index (κ1) is 17.9. The highest BCUT2D eigenvalue weighted by Crippen LogP contribution is 2.50. The van der Waals surface area contributed by atoms with E-state index < -0.39 is 7.60 Å². The fourth-order valence-electron chi connectivity index (χ4n) is 3.34. The number of aromatic nitrogens is 2. The van der Waals surface area contributed by atoms with Crippen molar-refractivity contribution in [3.63, 3.8) is 0 Å². The molecule has 2 aromatic heterocycles. The lowest BCUT2D eigenvalue weighted by Gasteiger charge is -2.20. The maximum absolute atomic E-state index is 13.6. The minimum absolute atomic E-state index is 0.299. The third-order valence-electron chi connectivity index (χ3n) is 4.41. The van der Waals surface area contributed by atoms with Gasteiger partial charge in [-0.2, -0.15) is 0 Å². The van der Waals surface area contributed by atoms with Crippen LogP contribution in [0.3, 0.4) is 0 Å². The van der Waals surface area contributed by atoms with E-state index in [2.05, 4.69) is 0 Å². The number of rotatable bonds is 6. The summed E-state index contributed by atoms with van der Waals surface area (Å²) in [5.41, 5.74) is 4.32. The number of hydrogen-bond acceptors (Lipinski definition) is 4. The van der Waals surface area contributed by atoms with Gasteiger partial charge < -0.3 is 9.05 Å². The van der Waals surface area contributed by atoms with Crippen molar-refractivity contribution >= 4 is 29.6 Å². The van der Waals surface area contributed by atoms with Crippen LogP contribution in [0.15, 0.2) is 66.9 Å². The Bertz CT molecular complexity index is 1130. The topological polar surface area (TPSA) is 52.8 Å². The van der Waals surface area contributed by atoms with Gasteiger partial charge in [-0.05, 0) is 37.6 Å². The minimum Gasteiger partial charge on any atom is -0.305 e. The van der Waals surface area contributed by atoms with Crippen LogP contribution in [0.25, 0.3) is 27.8 Å². The molecule has 0 unspecified atom stereocenters. The lowest BCUT2D eigenvalue weighted by atomic mass is 10.1. The Labute approximate surface area is 158 Å². The SMILES string of the molecule is CCOP(=O)(OCC)c1ccn2c(nc3ccccc32)c1-c1ccccc1. The van der Waals surface area contributed by atoms with E-state index in [1.807, 2.05) is 85.1 Å². The molecule has 0 radical (unpaired) electrons. The van der Waals surface area contributed by atoms with Crippen molar-refractivity contribution in [1.82, 2.24) is 9.38 Å². The van der Waals surface area contributed by atoms with Gasteiger partial charge in [0.25, 0.3) is 0 Å². The van der Waals surface area contributed by atoms with E-state index in [-0.39, 0.29) is 0 Å². The standard InChI is InChI=1S/C21H21N2O3P/c1-3-25-27(24,26-4-2)19-14-15-23-18-13-9-8-12-17(18)22-21(23)20(19)16-10-6-5-7-11-16/h5-15H,3-4H2,1-2H3. The summed E-state index contributed by atoms with van der Waals surface area (Å²) in [6, 6.07) is 19.6. The van der Waals surface area contributed by atoms with Crippen molar-refractivity contribution in [3.8, 4) is 11.1 Å². The van der Waals surface area contributed by atoms with Gasteiger partial charge in [0.15, 0.2) is 0 Å². The van der Waals surface area contributed by atoms with E-state index in [1.54, 1.807) is 0 Å². The van der Waals surface area contributed by atoms with Gasteiger partial charge in [-0.1, -0.05) is 42.5 Å². The van der Waals surface area contributed by atoms with Gasteiger partial charge in [0.05, 0.1) is 29.6 Å². The molecule has 27 heavy (non-hydrogen) atoms. The van der Waals surface area contributed by atoms with Crippen molar-refractivity contribution in [1.29, 1.82) is 0 Å². The molecule has 4 rings (SSSR count). The molecule has 2 heterocycles. The van der Waals surface area contributed by atoms with Gasteiger partial charge in [-0.3, -0.25) is 8.97 Å². The van der Waals surface area contributed by atoms with Crippen molar-refractivity contribution in [2.45, 2.75) is 13.8 Å². The molecule has 0 aliphatic carbocycles. The first-order chi connectivity index (χ1) is 13.2.